The summed E-state index contributed by atoms with van der Waals surface area (Å²) in [6, 6.07) is 14.0. The average molecular weight is 720 g/mol. The third kappa shape index (κ3) is 11.5. The standard InChI is InChI=1S/C45H61N5OS/c1-9-12-32(6)13-16-36(10-2)37-19-21-38(22-20-37)40-29-47-44(48-30-40)39-17-14-35(15-18-39)27-41(45(51)50(11-3)26-25-33(7)28-46)49-34(8)43-24-23-42(52-43)31(4)5/h14-15,17-18,21,23-24,29-32,36-37,41,49H,7-13,16,19-20,22,25-27H2,1-6H3/t32?,36?,37?,41-/m0/s1. The molecule has 1 N–H and O–H groups in total. The first-order valence-corrected chi connectivity index (χ1v) is 20.4. The van der Waals surface area contributed by atoms with Gasteiger partial charge >= 0.3 is 0 Å². The predicted octanol–water partition coefficient (Wildman–Crippen LogP) is 11.2. The van der Waals surface area contributed by atoms with E-state index < -0.39 is 6.04 Å². The highest BCUT2D eigenvalue weighted by molar-refractivity contribution is 7.13. The minimum atomic E-state index is -0.519. The highest BCUT2D eigenvalue weighted by Crippen LogP contribution is 2.37. The number of rotatable bonds is 20. The molecule has 7 heteroatoms. The molecule has 1 aliphatic rings. The Labute approximate surface area is 318 Å². The Morgan fingerprint density at radius 1 is 1.02 bits per heavy atom. The molecule has 0 saturated heterocycles. The number of allylic oxidation sites excluding steroid dienone is 2. The molecule has 278 valence electrons. The molecule has 2 aromatic heterocycles. The number of carbonyl (C=O) groups excluding carboxylic acids is 1. The van der Waals surface area contributed by atoms with Crippen LogP contribution in [0, 0.1) is 29.1 Å². The lowest BCUT2D eigenvalue weighted by Gasteiger charge is -2.30. The van der Waals surface area contributed by atoms with Crippen LogP contribution < -0.4 is 5.32 Å². The molecular weight excluding hydrogens is 659 g/mol. The fourth-order valence-electron chi connectivity index (χ4n) is 7.40. The lowest BCUT2D eigenvalue weighted by atomic mass is 9.76. The number of likely N-dealkylation sites (N-methyl/N-ethyl adjacent to an activating group) is 1. The van der Waals surface area contributed by atoms with E-state index in [0.717, 1.165) is 57.9 Å². The van der Waals surface area contributed by atoms with Crippen LogP contribution in [0.4, 0.5) is 0 Å². The molecule has 0 bridgehead atoms. The Balaban J connectivity index is 1.42. The summed E-state index contributed by atoms with van der Waals surface area (Å²) < 4.78 is 0. The monoisotopic (exact) mass is 719 g/mol. The summed E-state index contributed by atoms with van der Waals surface area (Å²) in [6.45, 7) is 22.5. The topological polar surface area (TPSA) is 81.9 Å². The van der Waals surface area contributed by atoms with Crippen LogP contribution in [0.1, 0.15) is 126 Å². The van der Waals surface area contributed by atoms with Gasteiger partial charge in [-0.15, -0.1) is 11.3 Å². The zero-order chi connectivity index (χ0) is 37.6. The van der Waals surface area contributed by atoms with Crippen LogP contribution >= 0.6 is 11.3 Å². The van der Waals surface area contributed by atoms with Crippen molar-refractivity contribution in [2.75, 3.05) is 13.1 Å². The number of thiophene rings is 1. The molecule has 4 rings (SSSR count). The second-order valence-electron chi connectivity index (χ2n) is 15.0. The summed E-state index contributed by atoms with van der Waals surface area (Å²) in [6.07, 6.45) is 17.5. The number of nitriles is 1. The normalized spacial score (nSPS) is 16.0. The van der Waals surface area contributed by atoms with Crippen molar-refractivity contribution in [3.8, 4) is 17.5 Å². The zero-order valence-corrected chi connectivity index (χ0v) is 33.4. The number of aromatic nitrogens is 2. The summed E-state index contributed by atoms with van der Waals surface area (Å²) in [4.78, 5) is 27.6. The van der Waals surface area contributed by atoms with Gasteiger partial charge in [-0.25, -0.2) is 9.97 Å². The second kappa shape index (κ2) is 20.3. The Hall–Kier alpha value is -4.02. The van der Waals surface area contributed by atoms with Gasteiger partial charge in [-0.1, -0.05) is 104 Å². The van der Waals surface area contributed by atoms with Crippen molar-refractivity contribution < 1.29 is 4.79 Å². The maximum atomic E-state index is 13.9. The minimum Gasteiger partial charge on any atom is -0.373 e. The third-order valence-electron chi connectivity index (χ3n) is 10.8. The van der Waals surface area contributed by atoms with Gasteiger partial charge in [0.1, 0.15) is 6.04 Å². The molecular formula is C45H61N5OS. The SMILES string of the molecule is C=C(C#N)CCN(CC)C(=O)[C@H](Cc1ccc(-c2ncc(C3=CCC(C(CC)CCC(C)CCC)CC3)cn2)cc1)NC(=C)c1ccc(C(C)C)s1. The van der Waals surface area contributed by atoms with Gasteiger partial charge in [-0.2, -0.15) is 5.26 Å². The van der Waals surface area contributed by atoms with E-state index in [2.05, 4.69) is 89.5 Å². The molecule has 2 heterocycles. The quantitative estimate of drug-likeness (QED) is 0.118. The molecule has 6 nitrogen and oxygen atoms in total. The fraction of sp³-hybridized carbons (Fsp3) is 0.511. The van der Waals surface area contributed by atoms with Crippen molar-refractivity contribution >= 4 is 28.5 Å². The summed E-state index contributed by atoms with van der Waals surface area (Å²) in [5.74, 6) is 3.55. The van der Waals surface area contributed by atoms with Crippen LogP contribution in [-0.2, 0) is 11.2 Å². The van der Waals surface area contributed by atoms with E-state index in [1.165, 1.54) is 49.0 Å². The van der Waals surface area contributed by atoms with Gasteiger partial charge in [-0.3, -0.25) is 4.79 Å². The first kappa shape index (κ1) is 40.7. The number of carbonyl (C=O) groups is 1. The van der Waals surface area contributed by atoms with Crippen molar-refractivity contribution in [3.63, 3.8) is 0 Å². The summed E-state index contributed by atoms with van der Waals surface area (Å²) in [5, 5.41) is 12.7. The van der Waals surface area contributed by atoms with E-state index >= 15 is 0 Å². The van der Waals surface area contributed by atoms with Crippen LogP contribution in [0.2, 0.25) is 0 Å². The molecule has 0 saturated carbocycles. The van der Waals surface area contributed by atoms with E-state index in [9.17, 15) is 10.1 Å². The molecule has 0 aliphatic heterocycles. The van der Waals surface area contributed by atoms with Gasteiger partial charge in [0.2, 0.25) is 5.91 Å². The van der Waals surface area contributed by atoms with Gasteiger partial charge in [0.25, 0.3) is 0 Å². The van der Waals surface area contributed by atoms with Crippen LogP contribution in [0.15, 0.2) is 73.6 Å². The number of benzene rings is 1. The molecule has 3 aromatic rings. The number of nitrogens with one attached hydrogen (secondary N) is 1. The van der Waals surface area contributed by atoms with E-state index in [0.29, 0.717) is 43.2 Å². The Kier molecular flexibility index (Phi) is 15.9. The zero-order valence-electron chi connectivity index (χ0n) is 32.6. The summed E-state index contributed by atoms with van der Waals surface area (Å²) in [5.41, 5.74) is 5.68. The lowest BCUT2D eigenvalue weighted by molar-refractivity contribution is -0.132. The van der Waals surface area contributed by atoms with Gasteiger partial charge < -0.3 is 10.2 Å². The van der Waals surface area contributed by atoms with E-state index in [1.54, 1.807) is 16.2 Å². The predicted molar refractivity (Wildman–Crippen MR) is 220 cm³/mol. The van der Waals surface area contributed by atoms with E-state index in [1.807, 2.05) is 31.5 Å². The summed E-state index contributed by atoms with van der Waals surface area (Å²) >= 11 is 1.70. The molecule has 0 spiro atoms. The van der Waals surface area contributed by atoms with Crippen LogP contribution in [0.5, 0.6) is 0 Å². The Morgan fingerprint density at radius 2 is 1.75 bits per heavy atom. The van der Waals surface area contributed by atoms with Crippen LogP contribution in [-0.4, -0.2) is 39.9 Å². The van der Waals surface area contributed by atoms with Gasteiger partial charge in [0.05, 0.1) is 6.07 Å². The van der Waals surface area contributed by atoms with Crippen molar-refractivity contribution in [2.45, 2.75) is 118 Å². The van der Waals surface area contributed by atoms with Crippen molar-refractivity contribution in [2.24, 2.45) is 17.8 Å². The van der Waals surface area contributed by atoms with E-state index in [-0.39, 0.29) is 5.91 Å². The number of hydrogen-bond acceptors (Lipinski definition) is 6. The first-order chi connectivity index (χ1) is 25.1. The number of amides is 1. The molecule has 0 radical (unpaired) electrons. The fourth-order valence-corrected chi connectivity index (χ4v) is 8.34. The Morgan fingerprint density at radius 3 is 2.33 bits per heavy atom. The third-order valence-corrected chi connectivity index (χ3v) is 12.2. The molecule has 1 amide bonds. The highest BCUT2D eigenvalue weighted by Gasteiger charge is 2.26. The maximum absolute atomic E-state index is 13.9. The van der Waals surface area contributed by atoms with Crippen LogP contribution in [0.25, 0.3) is 22.7 Å². The van der Waals surface area contributed by atoms with Gasteiger partial charge in [0, 0.05) is 64.1 Å². The van der Waals surface area contributed by atoms with Crippen molar-refractivity contribution in [1.29, 1.82) is 5.26 Å². The van der Waals surface area contributed by atoms with Gasteiger partial charge in [0.15, 0.2) is 5.82 Å². The molecule has 1 aliphatic carbocycles. The molecule has 52 heavy (non-hydrogen) atoms. The number of hydrogen-bond donors (Lipinski definition) is 1. The molecule has 0 fully saturated rings. The lowest BCUT2D eigenvalue weighted by Crippen LogP contribution is -2.47. The minimum absolute atomic E-state index is 0.0202. The van der Waals surface area contributed by atoms with E-state index in [4.69, 9.17) is 9.97 Å². The van der Waals surface area contributed by atoms with Crippen molar-refractivity contribution in [3.05, 3.63) is 94.5 Å². The molecule has 4 atom stereocenters. The smallest absolute Gasteiger partial charge is 0.245 e. The Bertz CT molecular complexity index is 1680. The van der Waals surface area contributed by atoms with Gasteiger partial charge in [-0.05, 0) is 86.0 Å². The maximum Gasteiger partial charge on any atom is 0.245 e. The van der Waals surface area contributed by atoms with Crippen molar-refractivity contribution in [1.82, 2.24) is 20.2 Å². The highest BCUT2D eigenvalue weighted by atomic mass is 32.1. The average Bonchev–Trinajstić information content (AvgIpc) is 3.67. The molecule has 3 unspecified atom stereocenters. The van der Waals surface area contributed by atoms with Crippen LogP contribution in [0.3, 0.4) is 0 Å². The largest absolute Gasteiger partial charge is 0.373 e. The first-order valence-electron chi connectivity index (χ1n) is 19.6. The second-order valence-corrected chi connectivity index (χ2v) is 16.1. The molecule has 1 aromatic carbocycles. The number of nitrogens with zero attached hydrogens (tertiary/aromatic N) is 4. The summed E-state index contributed by atoms with van der Waals surface area (Å²) in [7, 11) is 0.